The monoisotopic (exact) mass is 401 g/mol. The van der Waals surface area contributed by atoms with E-state index >= 15 is 0 Å². The maximum Gasteiger partial charge on any atom is 0.215 e. The maximum atomic E-state index is 12.4. The van der Waals surface area contributed by atoms with Crippen LogP contribution >= 0.6 is 0 Å². The summed E-state index contributed by atoms with van der Waals surface area (Å²) in [6, 6.07) is 14.4. The van der Waals surface area contributed by atoms with Gasteiger partial charge in [-0.05, 0) is 56.1 Å². The Kier molecular flexibility index (Phi) is 6.75. The fraction of sp³-hybridized carbons (Fsp3) is 0.455. The van der Waals surface area contributed by atoms with Gasteiger partial charge in [0, 0.05) is 38.4 Å². The highest BCUT2D eigenvalue weighted by atomic mass is 32.2. The highest BCUT2D eigenvalue weighted by Gasteiger charge is 2.15. The van der Waals surface area contributed by atoms with Crippen LogP contribution in [0.2, 0.25) is 0 Å². The first-order valence-corrected chi connectivity index (χ1v) is 11.5. The van der Waals surface area contributed by atoms with Gasteiger partial charge in [-0.3, -0.25) is 0 Å². The summed E-state index contributed by atoms with van der Waals surface area (Å²) in [6.45, 7) is 8.62. The third kappa shape index (κ3) is 5.80. The van der Waals surface area contributed by atoms with Crippen LogP contribution < -0.4 is 9.62 Å². The molecule has 0 aromatic heterocycles. The minimum atomic E-state index is -3.34. The lowest BCUT2D eigenvalue weighted by Crippen LogP contribution is -2.44. The third-order valence-corrected chi connectivity index (χ3v) is 6.73. The molecule has 0 saturated carbocycles. The van der Waals surface area contributed by atoms with E-state index in [4.69, 9.17) is 0 Å². The molecule has 2 aromatic rings. The van der Waals surface area contributed by atoms with Crippen molar-refractivity contribution in [3.8, 4) is 0 Å². The van der Waals surface area contributed by atoms with Gasteiger partial charge in [0.25, 0.3) is 0 Å². The zero-order valence-electron chi connectivity index (χ0n) is 17.1. The van der Waals surface area contributed by atoms with E-state index in [2.05, 4.69) is 45.8 Å². The summed E-state index contributed by atoms with van der Waals surface area (Å²) in [5, 5.41) is 0. The van der Waals surface area contributed by atoms with Crippen LogP contribution in [0.5, 0.6) is 0 Å². The van der Waals surface area contributed by atoms with Crippen LogP contribution in [0.4, 0.5) is 5.69 Å². The van der Waals surface area contributed by atoms with Gasteiger partial charge in [0.1, 0.15) is 0 Å². The molecule has 1 fully saturated rings. The first kappa shape index (κ1) is 20.8. The lowest BCUT2D eigenvalue weighted by molar-refractivity contribution is 0.313. The van der Waals surface area contributed by atoms with Gasteiger partial charge in [-0.1, -0.05) is 35.9 Å². The highest BCUT2D eigenvalue weighted by molar-refractivity contribution is 7.88. The second kappa shape index (κ2) is 9.07. The second-order valence-corrected chi connectivity index (χ2v) is 9.60. The maximum absolute atomic E-state index is 12.4. The molecule has 0 atom stereocenters. The van der Waals surface area contributed by atoms with Gasteiger partial charge in [0.05, 0.1) is 5.75 Å². The number of aryl methyl sites for hydroxylation is 2. The normalized spacial score (nSPS) is 15.8. The zero-order chi connectivity index (χ0) is 20.1. The molecule has 0 amide bonds. The van der Waals surface area contributed by atoms with E-state index in [1.807, 2.05) is 32.0 Å². The summed E-state index contributed by atoms with van der Waals surface area (Å²) < 4.78 is 27.6. The molecule has 1 N–H and O–H groups in total. The summed E-state index contributed by atoms with van der Waals surface area (Å²) in [7, 11) is -1.18. The van der Waals surface area contributed by atoms with Crippen molar-refractivity contribution in [1.29, 1.82) is 0 Å². The SMILES string of the molecule is Cc1ccc(C)c(CS(=O)(=O)NCCc2ccc(N3CCN(C)CC3)cc2)c1. The molecule has 0 unspecified atom stereocenters. The van der Waals surface area contributed by atoms with Gasteiger partial charge in [0.2, 0.25) is 10.0 Å². The Hall–Kier alpha value is -1.89. The van der Waals surface area contributed by atoms with Crippen LogP contribution in [0.15, 0.2) is 42.5 Å². The Balaban J connectivity index is 1.50. The van der Waals surface area contributed by atoms with Crippen LogP contribution in [0.25, 0.3) is 0 Å². The topological polar surface area (TPSA) is 52.7 Å². The number of nitrogens with one attached hydrogen (secondary N) is 1. The minimum Gasteiger partial charge on any atom is -0.369 e. The Bertz CT molecular complexity index is 886. The van der Waals surface area contributed by atoms with Gasteiger partial charge in [0.15, 0.2) is 0 Å². The van der Waals surface area contributed by atoms with E-state index in [1.54, 1.807) is 0 Å². The predicted molar refractivity (Wildman–Crippen MR) is 116 cm³/mol. The fourth-order valence-electron chi connectivity index (χ4n) is 3.50. The van der Waals surface area contributed by atoms with Crippen LogP contribution in [0.3, 0.4) is 0 Å². The van der Waals surface area contributed by atoms with E-state index in [0.29, 0.717) is 13.0 Å². The summed E-state index contributed by atoms with van der Waals surface area (Å²) >= 11 is 0. The smallest absolute Gasteiger partial charge is 0.215 e. The number of piperazine rings is 1. The lowest BCUT2D eigenvalue weighted by Gasteiger charge is -2.34. The van der Waals surface area contributed by atoms with Gasteiger partial charge < -0.3 is 9.80 Å². The molecule has 0 radical (unpaired) electrons. The van der Waals surface area contributed by atoms with Gasteiger partial charge in [-0.25, -0.2) is 13.1 Å². The molecule has 152 valence electrons. The molecule has 0 spiro atoms. The molecule has 28 heavy (non-hydrogen) atoms. The molecule has 6 heteroatoms. The standard InChI is InChI=1S/C22H31N3O2S/c1-18-4-5-19(2)21(16-18)17-28(26,27)23-11-10-20-6-8-22(9-7-20)25-14-12-24(3)13-15-25/h4-9,16,23H,10-15,17H2,1-3H3. The molecular formula is C22H31N3O2S. The van der Waals surface area contributed by atoms with Crippen molar-refractivity contribution in [2.24, 2.45) is 0 Å². The van der Waals surface area contributed by atoms with Crippen LogP contribution in [0, 0.1) is 13.8 Å². The molecule has 1 aliphatic rings. The van der Waals surface area contributed by atoms with Crippen molar-refractivity contribution in [3.05, 3.63) is 64.7 Å². The van der Waals surface area contributed by atoms with Crippen molar-refractivity contribution in [1.82, 2.24) is 9.62 Å². The fourth-order valence-corrected chi connectivity index (χ4v) is 4.74. The Morgan fingerprint density at radius 1 is 0.964 bits per heavy atom. The third-order valence-electron chi connectivity index (χ3n) is 5.39. The number of hydrogen-bond donors (Lipinski definition) is 1. The molecule has 2 aromatic carbocycles. The summed E-state index contributed by atoms with van der Waals surface area (Å²) in [6.07, 6.45) is 0.690. The quantitative estimate of drug-likeness (QED) is 0.775. The van der Waals surface area contributed by atoms with E-state index < -0.39 is 10.0 Å². The van der Waals surface area contributed by atoms with Gasteiger partial charge in [-0.15, -0.1) is 0 Å². The first-order valence-electron chi connectivity index (χ1n) is 9.88. The van der Waals surface area contributed by atoms with Crippen molar-refractivity contribution < 1.29 is 8.42 Å². The summed E-state index contributed by atoms with van der Waals surface area (Å²) in [5.41, 5.74) is 5.34. The number of hydrogen-bond acceptors (Lipinski definition) is 4. The number of rotatable bonds is 7. The van der Waals surface area contributed by atoms with Gasteiger partial charge in [-0.2, -0.15) is 0 Å². The van der Waals surface area contributed by atoms with Crippen LogP contribution in [0.1, 0.15) is 22.3 Å². The van der Waals surface area contributed by atoms with Crippen LogP contribution in [-0.4, -0.2) is 53.1 Å². The molecule has 1 saturated heterocycles. The molecule has 1 aliphatic heterocycles. The summed E-state index contributed by atoms with van der Waals surface area (Å²) in [5.74, 6) is 0.0306. The highest BCUT2D eigenvalue weighted by Crippen LogP contribution is 2.17. The van der Waals surface area contributed by atoms with E-state index in [0.717, 1.165) is 48.4 Å². The molecule has 0 aliphatic carbocycles. The number of sulfonamides is 1. The molecule has 5 nitrogen and oxygen atoms in total. The zero-order valence-corrected chi connectivity index (χ0v) is 17.9. The summed E-state index contributed by atoms with van der Waals surface area (Å²) in [4.78, 5) is 4.74. The molecule has 1 heterocycles. The van der Waals surface area contributed by atoms with Gasteiger partial charge >= 0.3 is 0 Å². The lowest BCUT2D eigenvalue weighted by atomic mass is 10.1. The van der Waals surface area contributed by atoms with Crippen molar-refractivity contribution >= 4 is 15.7 Å². The average Bonchev–Trinajstić information content (AvgIpc) is 2.66. The van der Waals surface area contributed by atoms with E-state index in [-0.39, 0.29) is 5.75 Å². The second-order valence-electron chi connectivity index (χ2n) is 7.79. The first-order chi connectivity index (χ1) is 13.3. The van der Waals surface area contributed by atoms with Crippen molar-refractivity contribution in [3.63, 3.8) is 0 Å². The molecule has 3 rings (SSSR count). The predicted octanol–water partition coefficient (Wildman–Crippen LogP) is 2.72. The van der Waals surface area contributed by atoms with Crippen molar-refractivity contribution in [2.45, 2.75) is 26.0 Å². The molecule has 0 bridgehead atoms. The van der Waals surface area contributed by atoms with Crippen molar-refractivity contribution in [2.75, 3.05) is 44.7 Å². The Morgan fingerprint density at radius 3 is 2.32 bits per heavy atom. The Morgan fingerprint density at radius 2 is 1.64 bits per heavy atom. The van der Waals surface area contributed by atoms with Crippen LogP contribution in [-0.2, 0) is 22.2 Å². The Labute approximate surface area is 169 Å². The molecular weight excluding hydrogens is 370 g/mol. The van der Waals surface area contributed by atoms with E-state index in [9.17, 15) is 8.42 Å². The minimum absolute atomic E-state index is 0.0306. The number of benzene rings is 2. The van der Waals surface area contributed by atoms with E-state index in [1.165, 1.54) is 5.69 Å². The average molecular weight is 402 g/mol. The number of nitrogens with zero attached hydrogens (tertiary/aromatic N) is 2. The number of anilines is 1. The largest absolute Gasteiger partial charge is 0.369 e. The number of likely N-dealkylation sites (N-methyl/N-ethyl adjacent to an activating group) is 1.